The first-order valence-electron chi connectivity index (χ1n) is 8.16. The van der Waals surface area contributed by atoms with Crippen molar-refractivity contribution >= 4 is 32.5 Å². The summed E-state index contributed by atoms with van der Waals surface area (Å²) >= 11 is 0. The van der Waals surface area contributed by atoms with Gasteiger partial charge in [-0.2, -0.15) is 0 Å². The highest BCUT2D eigenvalue weighted by molar-refractivity contribution is 5.98. The van der Waals surface area contributed by atoms with E-state index in [4.69, 9.17) is 4.42 Å². The molecule has 0 bridgehead atoms. The molecule has 5 rings (SSSR count). The van der Waals surface area contributed by atoms with Crippen molar-refractivity contribution in [3.63, 3.8) is 0 Å². The third-order valence-corrected chi connectivity index (χ3v) is 4.14. The minimum absolute atomic E-state index is 0.302. The quantitative estimate of drug-likeness (QED) is 0.267. The molecule has 0 N–H and O–H groups in total. The topological polar surface area (TPSA) is 30.2 Å². The lowest BCUT2D eigenvalue weighted by Gasteiger charge is -2.00. The van der Waals surface area contributed by atoms with Gasteiger partial charge in [0.05, 0.1) is 0 Å². The Bertz CT molecular complexity index is 1110. The van der Waals surface area contributed by atoms with Crippen LogP contribution in [-0.4, -0.2) is 0 Å². The van der Waals surface area contributed by atoms with Gasteiger partial charge in [0.15, 0.2) is 0 Å². The van der Waals surface area contributed by atoms with Gasteiger partial charge in [-0.05, 0) is 45.8 Å². The Morgan fingerprint density at radius 1 is 0.480 bits per heavy atom. The molecule has 5 aromatic rings. The molecule has 0 aliphatic heterocycles. The zero-order valence-corrected chi connectivity index (χ0v) is 13.6. The molecule has 0 aliphatic carbocycles. The van der Waals surface area contributed by atoms with E-state index in [1.807, 2.05) is 18.2 Å². The van der Waals surface area contributed by atoms with Gasteiger partial charge in [-0.15, -0.1) is 0 Å². The van der Waals surface area contributed by atoms with Crippen LogP contribution in [0.15, 0.2) is 106 Å². The maximum Gasteiger partial charge on any atom is 0.336 e. The van der Waals surface area contributed by atoms with Crippen molar-refractivity contribution in [3.05, 3.63) is 107 Å². The van der Waals surface area contributed by atoms with Crippen molar-refractivity contribution in [1.29, 1.82) is 0 Å². The Labute approximate surface area is 145 Å². The molecule has 0 saturated carbocycles. The van der Waals surface area contributed by atoms with Crippen LogP contribution in [0.25, 0.3) is 32.5 Å². The number of hydrogen-bond acceptors (Lipinski definition) is 2. The molecule has 0 radical (unpaired) electrons. The Kier molecular flexibility index (Phi) is 4.01. The zero-order chi connectivity index (χ0) is 17.1. The Hall–Kier alpha value is -3.39. The van der Waals surface area contributed by atoms with Crippen LogP contribution < -0.4 is 5.63 Å². The lowest BCUT2D eigenvalue weighted by atomic mass is 10.0. The van der Waals surface area contributed by atoms with Crippen LogP contribution in [0.2, 0.25) is 0 Å². The molecule has 0 fully saturated rings. The minimum Gasteiger partial charge on any atom is -0.423 e. The lowest BCUT2D eigenvalue weighted by molar-refractivity contribution is 0.561. The highest BCUT2D eigenvalue weighted by atomic mass is 16.4. The van der Waals surface area contributed by atoms with Crippen molar-refractivity contribution in [2.24, 2.45) is 0 Å². The first kappa shape index (κ1) is 15.2. The fraction of sp³-hybridized carbons (Fsp3) is 0. The molecule has 2 nitrogen and oxygen atoms in total. The van der Waals surface area contributed by atoms with Crippen LogP contribution in [-0.2, 0) is 0 Å². The zero-order valence-electron chi connectivity index (χ0n) is 13.6. The maximum absolute atomic E-state index is 10.7. The molecule has 0 saturated heterocycles. The summed E-state index contributed by atoms with van der Waals surface area (Å²) in [5, 5.41) is 6.20. The van der Waals surface area contributed by atoms with E-state index in [2.05, 4.69) is 60.7 Å². The van der Waals surface area contributed by atoms with E-state index < -0.39 is 0 Å². The van der Waals surface area contributed by atoms with E-state index in [-0.39, 0.29) is 5.63 Å². The third kappa shape index (κ3) is 3.29. The van der Waals surface area contributed by atoms with Gasteiger partial charge in [0, 0.05) is 11.5 Å². The summed E-state index contributed by atoms with van der Waals surface area (Å²) in [5.41, 5.74) is 0.337. The van der Waals surface area contributed by atoms with Crippen LogP contribution in [0.4, 0.5) is 0 Å². The predicted molar refractivity (Wildman–Crippen MR) is 104 cm³/mol. The second-order valence-electron chi connectivity index (χ2n) is 5.84. The lowest BCUT2D eigenvalue weighted by Crippen LogP contribution is -1.93. The van der Waals surface area contributed by atoms with E-state index in [1.54, 1.807) is 12.1 Å². The monoisotopic (exact) mass is 324 g/mol. The van der Waals surface area contributed by atoms with Gasteiger partial charge in [-0.1, -0.05) is 66.7 Å². The summed E-state index contributed by atoms with van der Waals surface area (Å²) in [7, 11) is 0. The minimum atomic E-state index is -0.302. The standard InChI is InChI=1S/C14H10.C9H6O2/c1-2-6-12-10-14-8-4-3-7-13(14)9-11(12)5-1;10-9-6-5-7-3-1-2-4-8(7)11-9/h1-10H;1-6H. The first-order valence-corrected chi connectivity index (χ1v) is 8.16. The van der Waals surface area contributed by atoms with Gasteiger partial charge >= 0.3 is 5.63 Å². The van der Waals surface area contributed by atoms with E-state index in [0.29, 0.717) is 5.58 Å². The molecule has 4 aromatic carbocycles. The van der Waals surface area contributed by atoms with E-state index in [9.17, 15) is 4.79 Å². The Balaban J connectivity index is 0.000000129. The second kappa shape index (κ2) is 6.62. The highest BCUT2D eigenvalue weighted by Gasteiger charge is 1.95. The fourth-order valence-corrected chi connectivity index (χ4v) is 2.89. The van der Waals surface area contributed by atoms with Crippen molar-refractivity contribution in [3.8, 4) is 0 Å². The van der Waals surface area contributed by atoms with Crippen LogP contribution in [0.3, 0.4) is 0 Å². The second-order valence-corrected chi connectivity index (χ2v) is 5.84. The van der Waals surface area contributed by atoms with Crippen molar-refractivity contribution in [2.75, 3.05) is 0 Å². The SMILES string of the molecule is O=c1ccc2ccccc2o1.c1ccc2cc3ccccc3cc2c1. The van der Waals surface area contributed by atoms with Crippen LogP contribution in [0.1, 0.15) is 0 Å². The molecule has 2 heteroatoms. The van der Waals surface area contributed by atoms with Gasteiger partial charge in [-0.25, -0.2) is 4.79 Å². The molecule has 120 valence electrons. The van der Waals surface area contributed by atoms with Crippen molar-refractivity contribution < 1.29 is 4.42 Å². The summed E-state index contributed by atoms with van der Waals surface area (Å²) < 4.78 is 4.91. The molecule has 0 amide bonds. The summed E-state index contributed by atoms with van der Waals surface area (Å²) in [5.74, 6) is 0. The smallest absolute Gasteiger partial charge is 0.336 e. The van der Waals surface area contributed by atoms with Gasteiger partial charge in [0.2, 0.25) is 0 Å². The average Bonchev–Trinajstić information content (AvgIpc) is 2.66. The molecule has 25 heavy (non-hydrogen) atoms. The fourth-order valence-electron chi connectivity index (χ4n) is 2.89. The highest BCUT2D eigenvalue weighted by Crippen LogP contribution is 2.22. The summed E-state index contributed by atoms with van der Waals surface area (Å²) in [4.78, 5) is 10.7. The molecule has 0 spiro atoms. The third-order valence-electron chi connectivity index (χ3n) is 4.14. The largest absolute Gasteiger partial charge is 0.423 e. The number of fused-ring (bicyclic) bond motifs is 3. The van der Waals surface area contributed by atoms with Crippen LogP contribution in [0, 0.1) is 0 Å². The normalized spacial score (nSPS) is 10.6. The van der Waals surface area contributed by atoms with Gasteiger partial charge in [-0.3, -0.25) is 0 Å². The number of hydrogen-bond donors (Lipinski definition) is 0. The van der Waals surface area contributed by atoms with Crippen LogP contribution in [0.5, 0.6) is 0 Å². The molecular weight excluding hydrogens is 308 g/mol. The molecule has 0 unspecified atom stereocenters. The summed E-state index contributed by atoms with van der Waals surface area (Å²) in [6.07, 6.45) is 0. The molecule has 1 heterocycles. The maximum atomic E-state index is 10.7. The number of para-hydroxylation sites is 1. The van der Waals surface area contributed by atoms with Crippen LogP contribution >= 0.6 is 0 Å². The Morgan fingerprint density at radius 3 is 1.44 bits per heavy atom. The summed E-state index contributed by atoms with van der Waals surface area (Å²) in [6, 6.07) is 32.0. The Morgan fingerprint density at radius 2 is 0.920 bits per heavy atom. The van der Waals surface area contributed by atoms with Crippen molar-refractivity contribution in [1.82, 2.24) is 0 Å². The van der Waals surface area contributed by atoms with Gasteiger partial charge < -0.3 is 4.42 Å². The molecule has 0 aliphatic rings. The molecule has 1 aromatic heterocycles. The first-order chi connectivity index (χ1) is 12.3. The predicted octanol–water partition coefficient (Wildman–Crippen LogP) is 5.79. The number of rotatable bonds is 0. The average molecular weight is 324 g/mol. The van der Waals surface area contributed by atoms with E-state index >= 15 is 0 Å². The van der Waals surface area contributed by atoms with Gasteiger partial charge in [0.25, 0.3) is 0 Å². The molecule has 0 atom stereocenters. The molecular formula is C23H16O2. The van der Waals surface area contributed by atoms with Gasteiger partial charge in [0.1, 0.15) is 5.58 Å². The van der Waals surface area contributed by atoms with E-state index in [1.165, 1.54) is 27.6 Å². The van der Waals surface area contributed by atoms with Crippen molar-refractivity contribution in [2.45, 2.75) is 0 Å². The number of benzene rings is 4. The van der Waals surface area contributed by atoms with E-state index in [0.717, 1.165) is 5.39 Å². The summed E-state index contributed by atoms with van der Waals surface area (Å²) in [6.45, 7) is 0.